The molecule has 0 bridgehead atoms. The van der Waals surface area contributed by atoms with E-state index >= 15 is 0 Å². The van der Waals surface area contributed by atoms with Crippen molar-refractivity contribution in [2.24, 2.45) is 0 Å². The van der Waals surface area contributed by atoms with Crippen LogP contribution in [0.4, 0.5) is 11.4 Å². The first-order valence-electron chi connectivity index (χ1n) is 8.45. The zero-order valence-electron chi connectivity index (χ0n) is 15.1. The maximum Gasteiger partial charge on any atom is 0.264 e. The maximum absolute atomic E-state index is 12.5. The average Bonchev–Trinajstić information content (AvgIpc) is 2.65. The number of para-hydroxylation sites is 1. The molecule has 3 rings (SSSR count). The summed E-state index contributed by atoms with van der Waals surface area (Å²) in [6.07, 6.45) is 0.338. The van der Waals surface area contributed by atoms with Gasteiger partial charge < -0.3 is 19.7 Å². The molecule has 26 heavy (non-hydrogen) atoms. The van der Waals surface area contributed by atoms with Gasteiger partial charge in [-0.3, -0.25) is 9.59 Å². The summed E-state index contributed by atoms with van der Waals surface area (Å²) in [6.45, 7) is 1.98. The van der Waals surface area contributed by atoms with E-state index in [4.69, 9.17) is 9.47 Å². The molecule has 136 valence electrons. The molecule has 0 saturated carbocycles. The zero-order chi connectivity index (χ0) is 18.7. The number of carbonyl (C=O) groups is 2. The molecule has 2 amide bonds. The van der Waals surface area contributed by atoms with Crippen LogP contribution in [0.15, 0.2) is 42.5 Å². The van der Waals surface area contributed by atoms with Crippen molar-refractivity contribution in [2.45, 2.75) is 19.3 Å². The quantitative estimate of drug-likeness (QED) is 0.895. The smallest absolute Gasteiger partial charge is 0.264 e. The Bertz CT molecular complexity index is 817. The average molecular weight is 354 g/mol. The lowest BCUT2D eigenvalue weighted by Gasteiger charge is -2.27. The molecule has 0 spiro atoms. The molecule has 6 heteroatoms. The van der Waals surface area contributed by atoms with E-state index in [0.29, 0.717) is 23.5 Å². The second-order valence-electron chi connectivity index (χ2n) is 6.32. The molecule has 2 aromatic carbocycles. The fourth-order valence-electron chi connectivity index (χ4n) is 2.93. The third-order valence-electron chi connectivity index (χ3n) is 4.52. The van der Waals surface area contributed by atoms with E-state index < -0.39 is 0 Å². The topological polar surface area (TPSA) is 67.9 Å². The number of fused-ring (bicyclic) bond motifs is 1. The Morgan fingerprint density at radius 2 is 2.00 bits per heavy atom. The van der Waals surface area contributed by atoms with Gasteiger partial charge in [0.1, 0.15) is 5.75 Å². The van der Waals surface area contributed by atoms with Gasteiger partial charge in [0, 0.05) is 13.5 Å². The Morgan fingerprint density at radius 3 is 2.69 bits per heavy atom. The number of likely N-dealkylation sites (N-methyl/N-ethyl adjacent to an activating group) is 1. The summed E-state index contributed by atoms with van der Waals surface area (Å²) in [5.41, 5.74) is 2.30. The summed E-state index contributed by atoms with van der Waals surface area (Å²) in [4.78, 5) is 25.8. The van der Waals surface area contributed by atoms with Crippen molar-refractivity contribution in [3.8, 4) is 11.5 Å². The minimum absolute atomic E-state index is 0.0291. The summed E-state index contributed by atoms with van der Waals surface area (Å²) in [6, 6.07) is 13.1. The highest BCUT2D eigenvalue weighted by Gasteiger charge is 2.25. The summed E-state index contributed by atoms with van der Waals surface area (Å²) in [7, 11) is 3.32. The lowest BCUT2D eigenvalue weighted by Crippen LogP contribution is -2.35. The number of nitrogens with one attached hydrogen (secondary N) is 1. The molecule has 1 unspecified atom stereocenters. The van der Waals surface area contributed by atoms with Crippen molar-refractivity contribution in [3.63, 3.8) is 0 Å². The molecule has 0 radical (unpaired) electrons. The summed E-state index contributed by atoms with van der Waals surface area (Å²) in [5, 5.41) is 2.90. The van der Waals surface area contributed by atoms with Crippen molar-refractivity contribution >= 4 is 23.2 Å². The second-order valence-corrected chi connectivity index (χ2v) is 6.32. The Labute approximate surface area is 152 Å². The number of hydrogen-bond donors (Lipinski definition) is 1. The number of rotatable bonds is 5. The van der Waals surface area contributed by atoms with Gasteiger partial charge in [-0.15, -0.1) is 0 Å². The summed E-state index contributed by atoms with van der Waals surface area (Å²) >= 11 is 0. The molecule has 6 nitrogen and oxygen atoms in total. The predicted molar refractivity (Wildman–Crippen MR) is 100 cm³/mol. The third kappa shape index (κ3) is 3.64. The molecule has 1 aliphatic rings. The number of benzene rings is 2. The number of anilines is 2. The molecule has 0 fully saturated rings. The van der Waals surface area contributed by atoms with Crippen LogP contribution < -0.4 is 19.7 Å². The maximum atomic E-state index is 12.5. The first-order chi connectivity index (χ1) is 12.5. The molecular weight excluding hydrogens is 332 g/mol. The van der Waals surface area contributed by atoms with Gasteiger partial charge in [0.05, 0.1) is 18.5 Å². The van der Waals surface area contributed by atoms with E-state index in [-0.39, 0.29) is 24.3 Å². The number of carbonyl (C=O) groups excluding carboxylic acids is 2. The highest BCUT2D eigenvalue weighted by Crippen LogP contribution is 2.38. The van der Waals surface area contributed by atoms with Crippen molar-refractivity contribution in [1.29, 1.82) is 0 Å². The van der Waals surface area contributed by atoms with Gasteiger partial charge in [0.2, 0.25) is 5.91 Å². The van der Waals surface area contributed by atoms with E-state index in [1.54, 1.807) is 32.4 Å². The van der Waals surface area contributed by atoms with E-state index in [9.17, 15) is 9.59 Å². The minimum Gasteiger partial charge on any atom is -0.497 e. The molecule has 1 aliphatic heterocycles. The molecular formula is C20H22N2O4. The Kier molecular flexibility index (Phi) is 5.11. The molecule has 1 heterocycles. The van der Waals surface area contributed by atoms with Crippen LogP contribution in [0.25, 0.3) is 0 Å². The van der Waals surface area contributed by atoms with Crippen LogP contribution in [0.1, 0.15) is 24.8 Å². The van der Waals surface area contributed by atoms with Crippen LogP contribution in [0.2, 0.25) is 0 Å². The van der Waals surface area contributed by atoms with Gasteiger partial charge in [-0.1, -0.05) is 25.1 Å². The van der Waals surface area contributed by atoms with Crippen LogP contribution in [0, 0.1) is 0 Å². The Balaban J connectivity index is 1.69. The van der Waals surface area contributed by atoms with Crippen LogP contribution in [-0.2, 0) is 9.59 Å². The van der Waals surface area contributed by atoms with Crippen LogP contribution in [-0.4, -0.2) is 32.6 Å². The lowest BCUT2D eigenvalue weighted by atomic mass is 9.97. The number of ether oxygens (including phenoxy) is 2. The fourth-order valence-corrected chi connectivity index (χ4v) is 2.93. The van der Waals surface area contributed by atoms with Crippen molar-refractivity contribution in [3.05, 3.63) is 48.0 Å². The number of nitrogens with zero attached hydrogens (tertiary/aromatic N) is 1. The van der Waals surface area contributed by atoms with Crippen LogP contribution in [0.5, 0.6) is 11.5 Å². The van der Waals surface area contributed by atoms with E-state index in [1.807, 2.05) is 31.2 Å². The van der Waals surface area contributed by atoms with Crippen molar-refractivity contribution in [1.82, 2.24) is 0 Å². The van der Waals surface area contributed by atoms with Crippen LogP contribution >= 0.6 is 0 Å². The minimum atomic E-state index is -0.117. The molecule has 0 aromatic heterocycles. The normalized spacial score (nSPS) is 14.3. The van der Waals surface area contributed by atoms with Gasteiger partial charge in [0.15, 0.2) is 12.4 Å². The Morgan fingerprint density at radius 1 is 1.27 bits per heavy atom. The number of hydrogen-bond acceptors (Lipinski definition) is 4. The monoisotopic (exact) mass is 354 g/mol. The first-order valence-corrected chi connectivity index (χ1v) is 8.45. The first kappa shape index (κ1) is 17.8. The van der Waals surface area contributed by atoms with E-state index in [1.165, 1.54) is 4.90 Å². The molecule has 0 aliphatic carbocycles. The van der Waals surface area contributed by atoms with Gasteiger partial charge in [0.25, 0.3) is 5.91 Å². The summed E-state index contributed by atoms with van der Waals surface area (Å²) < 4.78 is 10.7. The molecule has 1 N–H and O–H groups in total. The zero-order valence-corrected chi connectivity index (χ0v) is 15.1. The number of methoxy groups -OCH3 is 1. The van der Waals surface area contributed by atoms with Gasteiger partial charge in [-0.2, -0.15) is 0 Å². The fraction of sp³-hybridized carbons (Fsp3) is 0.300. The van der Waals surface area contributed by atoms with Crippen molar-refractivity contribution in [2.75, 3.05) is 31.0 Å². The highest BCUT2D eigenvalue weighted by molar-refractivity contribution is 6.01. The summed E-state index contributed by atoms with van der Waals surface area (Å²) in [5.74, 6) is 1.15. The molecule has 2 aromatic rings. The number of amides is 2. The SMILES string of the molecule is COc1ccc(C(C)CC(=O)Nc2cccc3c2OCC(=O)N3C)cc1. The molecule has 1 atom stereocenters. The van der Waals surface area contributed by atoms with E-state index in [0.717, 1.165) is 11.3 Å². The third-order valence-corrected chi connectivity index (χ3v) is 4.52. The second kappa shape index (κ2) is 7.47. The van der Waals surface area contributed by atoms with Gasteiger partial charge in [-0.05, 0) is 35.7 Å². The van der Waals surface area contributed by atoms with Crippen molar-refractivity contribution < 1.29 is 19.1 Å². The largest absolute Gasteiger partial charge is 0.497 e. The van der Waals surface area contributed by atoms with Gasteiger partial charge >= 0.3 is 0 Å². The molecule has 0 saturated heterocycles. The van der Waals surface area contributed by atoms with E-state index in [2.05, 4.69) is 5.32 Å². The highest BCUT2D eigenvalue weighted by atomic mass is 16.5. The van der Waals surface area contributed by atoms with Gasteiger partial charge in [-0.25, -0.2) is 0 Å². The lowest BCUT2D eigenvalue weighted by molar-refractivity contribution is -0.121. The Hall–Kier alpha value is -3.02. The predicted octanol–water partition coefficient (Wildman–Crippen LogP) is 3.18. The standard InChI is InChI=1S/C20H22N2O4/c1-13(14-7-9-15(25-3)10-8-14)11-18(23)21-16-5-4-6-17-20(16)26-12-19(24)22(17)2/h4-10,13H,11-12H2,1-3H3,(H,21,23). The van der Waals surface area contributed by atoms with Crippen LogP contribution in [0.3, 0.4) is 0 Å².